The van der Waals surface area contributed by atoms with Crippen LogP contribution >= 0.6 is 0 Å². The van der Waals surface area contributed by atoms with E-state index in [0.717, 1.165) is 11.8 Å². The zero-order chi connectivity index (χ0) is 13.0. The molecule has 1 aromatic carbocycles. The maximum atomic E-state index is 2.66. The molecule has 2 rings (SSSR count). The van der Waals surface area contributed by atoms with E-state index in [1.54, 1.807) is 11.1 Å². The zero-order valence-electron chi connectivity index (χ0n) is 12.2. The second-order valence-corrected chi connectivity index (χ2v) is 5.75. The molecule has 0 aromatic heterocycles. The van der Waals surface area contributed by atoms with Crippen molar-refractivity contribution < 1.29 is 0 Å². The molecule has 0 aliphatic heterocycles. The van der Waals surface area contributed by atoms with Crippen molar-refractivity contribution >= 4 is 0 Å². The van der Waals surface area contributed by atoms with Gasteiger partial charge in [-0.15, -0.1) is 0 Å². The summed E-state index contributed by atoms with van der Waals surface area (Å²) in [5, 5.41) is 0. The van der Waals surface area contributed by atoms with Crippen molar-refractivity contribution in [3.63, 3.8) is 0 Å². The minimum atomic E-state index is 0.734. The van der Waals surface area contributed by atoms with Gasteiger partial charge >= 0.3 is 0 Å². The lowest BCUT2D eigenvalue weighted by atomic mass is 9.94. The van der Waals surface area contributed by atoms with Gasteiger partial charge in [0.1, 0.15) is 0 Å². The van der Waals surface area contributed by atoms with Gasteiger partial charge in [-0.05, 0) is 55.3 Å². The Morgan fingerprint density at radius 2 is 1.78 bits per heavy atom. The molecule has 1 aliphatic carbocycles. The van der Waals surface area contributed by atoms with Gasteiger partial charge in [0.05, 0.1) is 0 Å². The van der Waals surface area contributed by atoms with Crippen LogP contribution in [-0.2, 0) is 6.42 Å². The van der Waals surface area contributed by atoms with E-state index in [1.807, 2.05) is 0 Å². The summed E-state index contributed by atoms with van der Waals surface area (Å²) in [7, 11) is 0. The van der Waals surface area contributed by atoms with Crippen molar-refractivity contribution in [2.75, 3.05) is 19.6 Å². The molecular formula is C17H27N. The first kappa shape index (κ1) is 13.6. The molecule has 0 radical (unpaired) electrons. The molecule has 0 saturated carbocycles. The first-order valence-corrected chi connectivity index (χ1v) is 7.56. The number of fused-ring (bicyclic) bond motifs is 1. The van der Waals surface area contributed by atoms with Crippen molar-refractivity contribution in [3.05, 3.63) is 35.4 Å². The largest absolute Gasteiger partial charge is 0.303 e. The third-order valence-corrected chi connectivity index (χ3v) is 4.31. The van der Waals surface area contributed by atoms with Crippen LogP contribution in [0.1, 0.15) is 50.7 Å². The van der Waals surface area contributed by atoms with Gasteiger partial charge in [-0.1, -0.05) is 45.0 Å². The average molecular weight is 245 g/mol. The Morgan fingerprint density at radius 1 is 1.11 bits per heavy atom. The van der Waals surface area contributed by atoms with Crippen LogP contribution in [-0.4, -0.2) is 24.5 Å². The lowest BCUT2D eigenvalue weighted by molar-refractivity contribution is 0.222. The van der Waals surface area contributed by atoms with Crippen molar-refractivity contribution in [1.82, 2.24) is 4.90 Å². The van der Waals surface area contributed by atoms with E-state index in [9.17, 15) is 0 Å². The second-order valence-electron chi connectivity index (χ2n) is 5.75. The fourth-order valence-corrected chi connectivity index (χ4v) is 3.36. The fraction of sp³-hybridized carbons (Fsp3) is 0.647. The van der Waals surface area contributed by atoms with Gasteiger partial charge in [-0.2, -0.15) is 0 Å². The molecule has 2 atom stereocenters. The van der Waals surface area contributed by atoms with Gasteiger partial charge < -0.3 is 4.90 Å². The number of rotatable bonds is 6. The van der Waals surface area contributed by atoms with E-state index in [0.29, 0.717) is 0 Å². The van der Waals surface area contributed by atoms with E-state index in [4.69, 9.17) is 0 Å². The van der Waals surface area contributed by atoms with Crippen LogP contribution in [0.25, 0.3) is 0 Å². The van der Waals surface area contributed by atoms with Crippen molar-refractivity contribution in [1.29, 1.82) is 0 Å². The molecule has 100 valence electrons. The molecule has 0 N–H and O–H groups in total. The summed E-state index contributed by atoms with van der Waals surface area (Å²) >= 11 is 0. The smallest absolute Gasteiger partial charge is 0.00186 e. The maximum Gasteiger partial charge on any atom is 0.00186 e. The number of hydrogen-bond donors (Lipinski definition) is 0. The molecule has 1 aromatic rings. The maximum absolute atomic E-state index is 2.66. The molecule has 0 fully saturated rings. The third-order valence-electron chi connectivity index (χ3n) is 4.31. The van der Waals surface area contributed by atoms with E-state index in [-0.39, 0.29) is 0 Å². The lowest BCUT2D eigenvalue weighted by Gasteiger charge is -2.27. The van der Waals surface area contributed by atoms with Crippen LogP contribution in [0.5, 0.6) is 0 Å². The third kappa shape index (κ3) is 2.95. The van der Waals surface area contributed by atoms with Crippen LogP contribution in [0.2, 0.25) is 0 Å². The predicted octanol–water partition coefficient (Wildman–Crippen LogP) is 4.08. The standard InChI is InChI=1S/C17H27N/c1-4-10-18(11-5-2)13-16-12-15-8-6-7-9-17(15)14(16)3/h6-9,14,16H,4-5,10-13H2,1-3H3/t14-,16-/m1/s1. The van der Waals surface area contributed by atoms with Gasteiger partial charge in [-0.25, -0.2) is 0 Å². The number of nitrogens with zero attached hydrogens (tertiary/aromatic N) is 1. The van der Waals surface area contributed by atoms with Gasteiger partial charge in [0.25, 0.3) is 0 Å². The molecule has 1 nitrogen and oxygen atoms in total. The summed E-state index contributed by atoms with van der Waals surface area (Å²) in [6, 6.07) is 9.01. The Hall–Kier alpha value is -0.820. The molecule has 0 heterocycles. The molecule has 18 heavy (non-hydrogen) atoms. The van der Waals surface area contributed by atoms with E-state index >= 15 is 0 Å². The van der Waals surface area contributed by atoms with Crippen LogP contribution in [0.4, 0.5) is 0 Å². The first-order chi connectivity index (χ1) is 8.76. The summed E-state index contributed by atoms with van der Waals surface area (Å²) in [4.78, 5) is 2.66. The SMILES string of the molecule is CCCN(CCC)C[C@H]1Cc2ccccc2[C@@H]1C. The highest BCUT2D eigenvalue weighted by Gasteiger charge is 2.29. The van der Waals surface area contributed by atoms with Crippen LogP contribution in [0.15, 0.2) is 24.3 Å². The van der Waals surface area contributed by atoms with Gasteiger partial charge in [-0.3, -0.25) is 0 Å². The summed E-state index contributed by atoms with van der Waals surface area (Å²) < 4.78 is 0. The Bertz CT molecular complexity index is 366. The molecule has 0 saturated heterocycles. The lowest BCUT2D eigenvalue weighted by Crippen LogP contribution is -2.32. The molecule has 1 aliphatic rings. The highest BCUT2D eigenvalue weighted by Crippen LogP contribution is 2.37. The van der Waals surface area contributed by atoms with Crippen molar-refractivity contribution in [2.45, 2.75) is 46.0 Å². The zero-order valence-corrected chi connectivity index (χ0v) is 12.2. The predicted molar refractivity (Wildman–Crippen MR) is 79.1 cm³/mol. The van der Waals surface area contributed by atoms with Gasteiger partial charge in [0.15, 0.2) is 0 Å². The summed E-state index contributed by atoms with van der Waals surface area (Å²) in [6.45, 7) is 10.8. The molecule has 0 unspecified atom stereocenters. The molecule has 0 bridgehead atoms. The molecule has 0 spiro atoms. The van der Waals surface area contributed by atoms with Gasteiger partial charge in [0, 0.05) is 6.54 Å². The van der Waals surface area contributed by atoms with Gasteiger partial charge in [0.2, 0.25) is 0 Å². The van der Waals surface area contributed by atoms with Crippen LogP contribution in [0, 0.1) is 5.92 Å². The Balaban J connectivity index is 1.99. The Morgan fingerprint density at radius 3 is 2.39 bits per heavy atom. The quantitative estimate of drug-likeness (QED) is 0.730. The Kier molecular flexibility index (Phi) is 4.82. The van der Waals surface area contributed by atoms with Crippen molar-refractivity contribution in [2.24, 2.45) is 5.92 Å². The van der Waals surface area contributed by atoms with E-state index in [2.05, 4.69) is 49.9 Å². The first-order valence-electron chi connectivity index (χ1n) is 7.56. The van der Waals surface area contributed by atoms with Crippen LogP contribution in [0.3, 0.4) is 0 Å². The minimum absolute atomic E-state index is 0.734. The summed E-state index contributed by atoms with van der Waals surface area (Å²) in [6.07, 6.45) is 3.82. The van der Waals surface area contributed by atoms with E-state index in [1.165, 1.54) is 38.9 Å². The molecular weight excluding hydrogens is 218 g/mol. The summed E-state index contributed by atoms with van der Waals surface area (Å²) in [5.41, 5.74) is 3.18. The average Bonchev–Trinajstić information content (AvgIpc) is 2.68. The van der Waals surface area contributed by atoms with Crippen molar-refractivity contribution in [3.8, 4) is 0 Å². The molecule has 0 amide bonds. The normalized spacial score (nSPS) is 22.4. The van der Waals surface area contributed by atoms with Crippen LogP contribution < -0.4 is 0 Å². The van der Waals surface area contributed by atoms with E-state index < -0.39 is 0 Å². The highest BCUT2D eigenvalue weighted by atomic mass is 15.1. The minimum Gasteiger partial charge on any atom is -0.303 e. The summed E-state index contributed by atoms with van der Waals surface area (Å²) in [5.74, 6) is 1.55. The highest BCUT2D eigenvalue weighted by molar-refractivity contribution is 5.35. The number of benzene rings is 1. The number of hydrogen-bond acceptors (Lipinski definition) is 1. The second kappa shape index (κ2) is 6.38. The topological polar surface area (TPSA) is 3.24 Å². The monoisotopic (exact) mass is 245 g/mol. The fourth-order valence-electron chi connectivity index (χ4n) is 3.36. The molecule has 1 heteroatoms. The Labute approximate surface area is 112 Å².